The molecule has 2 heterocycles. The number of halogens is 2. The molecule has 1 aromatic heterocycles. The molecule has 5 aromatic rings. The molecule has 0 unspecified atom stereocenters. The number of hydrogen-bond donors (Lipinski definition) is 0. The van der Waals surface area contributed by atoms with E-state index in [-0.39, 0.29) is 24.3 Å². The summed E-state index contributed by atoms with van der Waals surface area (Å²) in [5.41, 5.74) is 3.36. The van der Waals surface area contributed by atoms with Crippen LogP contribution in [0.3, 0.4) is 0 Å². The minimum Gasteiger partial charge on any atom is -0.493 e. The fraction of sp³-hybridized carbons (Fsp3) is 0.135. The highest BCUT2D eigenvalue weighted by atomic mass is 127. The van der Waals surface area contributed by atoms with Crippen molar-refractivity contribution >= 4 is 51.7 Å². The Labute approximate surface area is 292 Å². The van der Waals surface area contributed by atoms with Crippen molar-refractivity contribution in [2.45, 2.75) is 19.6 Å². The average molecular weight is 772 g/mol. The molecule has 1 atom stereocenters. The summed E-state index contributed by atoms with van der Waals surface area (Å²) < 4.78 is 33.9. The lowest BCUT2D eigenvalue weighted by Crippen LogP contribution is -2.40. The lowest BCUT2D eigenvalue weighted by Gasteiger charge is -2.25. The summed E-state index contributed by atoms with van der Waals surface area (Å²) in [4.78, 5) is 33.0. The number of benzene rings is 4. The van der Waals surface area contributed by atoms with Gasteiger partial charge in [-0.3, -0.25) is 9.36 Å². The second-order valence-corrected chi connectivity index (χ2v) is 12.7. The summed E-state index contributed by atoms with van der Waals surface area (Å²) in [7, 11) is 1.53. The average Bonchev–Trinajstić information content (AvgIpc) is 3.41. The third kappa shape index (κ3) is 6.54. The van der Waals surface area contributed by atoms with Crippen LogP contribution in [0, 0.1) is 20.7 Å². The summed E-state index contributed by atoms with van der Waals surface area (Å²) in [6.45, 7) is 2.00. The van der Waals surface area contributed by atoms with Crippen LogP contribution in [0.5, 0.6) is 11.5 Å². The fourth-order valence-corrected chi connectivity index (χ4v) is 7.20. The van der Waals surface area contributed by atoms with E-state index in [0.717, 1.165) is 9.13 Å². The Kier molecular flexibility index (Phi) is 9.84. The molecule has 1 aliphatic rings. The quantitative estimate of drug-likeness (QED) is 0.132. The molecule has 0 saturated carbocycles. The van der Waals surface area contributed by atoms with Crippen molar-refractivity contribution in [2.24, 2.45) is 4.99 Å². The first-order chi connectivity index (χ1) is 23.3. The van der Waals surface area contributed by atoms with Gasteiger partial charge in [0.1, 0.15) is 12.4 Å². The van der Waals surface area contributed by atoms with Crippen LogP contribution in [-0.2, 0) is 16.1 Å². The molecule has 48 heavy (non-hydrogen) atoms. The van der Waals surface area contributed by atoms with E-state index < -0.39 is 17.8 Å². The topological polar surface area (TPSA) is 103 Å². The van der Waals surface area contributed by atoms with E-state index in [1.165, 1.54) is 35.1 Å². The molecule has 0 saturated heterocycles. The Morgan fingerprint density at radius 2 is 1.81 bits per heavy atom. The second kappa shape index (κ2) is 14.4. The van der Waals surface area contributed by atoms with Gasteiger partial charge in [-0.2, -0.15) is 5.26 Å². The number of esters is 1. The van der Waals surface area contributed by atoms with Crippen LogP contribution in [0.15, 0.2) is 106 Å². The molecule has 8 nitrogen and oxygen atoms in total. The number of methoxy groups -OCH3 is 1. The van der Waals surface area contributed by atoms with Crippen LogP contribution < -0.4 is 24.4 Å². The van der Waals surface area contributed by atoms with Crippen LogP contribution >= 0.6 is 33.9 Å². The number of ether oxygens (including phenoxy) is 3. The van der Waals surface area contributed by atoms with Crippen molar-refractivity contribution in [1.29, 1.82) is 5.26 Å². The van der Waals surface area contributed by atoms with Crippen LogP contribution in [0.1, 0.15) is 40.8 Å². The molecule has 4 aromatic carbocycles. The highest BCUT2D eigenvalue weighted by molar-refractivity contribution is 14.1. The minimum absolute atomic E-state index is 0.121. The molecule has 0 N–H and O–H groups in total. The van der Waals surface area contributed by atoms with Gasteiger partial charge in [0.25, 0.3) is 5.56 Å². The van der Waals surface area contributed by atoms with Gasteiger partial charge in [-0.15, -0.1) is 0 Å². The third-order valence-corrected chi connectivity index (χ3v) is 9.40. The Balaban J connectivity index is 1.49. The molecular weight excluding hydrogens is 744 g/mol. The molecule has 1 aliphatic heterocycles. The number of fused-ring (bicyclic) bond motifs is 1. The largest absolute Gasteiger partial charge is 0.493 e. The number of aromatic nitrogens is 1. The molecule has 0 spiro atoms. The predicted octanol–water partition coefficient (Wildman–Crippen LogP) is 6.14. The normalized spacial score (nSPS) is 14.1. The maximum absolute atomic E-state index is 14.2. The van der Waals surface area contributed by atoms with Gasteiger partial charge in [0, 0.05) is 11.1 Å². The molecule has 240 valence electrons. The molecule has 0 bridgehead atoms. The van der Waals surface area contributed by atoms with Gasteiger partial charge in [-0.1, -0.05) is 72.0 Å². The van der Waals surface area contributed by atoms with Crippen LogP contribution in [0.2, 0.25) is 0 Å². The Morgan fingerprint density at radius 1 is 1.08 bits per heavy atom. The van der Waals surface area contributed by atoms with Gasteiger partial charge in [-0.05, 0) is 77.0 Å². The SMILES string of the molecule is CCOC(=O)C1=C(c2ccccc2)N=c2sc(=Cc3cc(I)c(OCc4ccccc4C#N)c(OC)c3)c(=O)n2[C@@H]1c1ccc(F)cc1. The summed E-state index contributed by atoms with van der Waals surface area (Å²) in [6, 6.07) is 27.0. The smallest absolute Gasteiger partial charge is 0.338 e. The third-order valence-electron chi connectivity index (χ3n) is 7.62. The summed E-state index contributed by atoms with van der Waals surface area (Å²) >= 11 is 3.33. The highest BCUT2D eigenvalue weighted by Crippen LogP contribution is 2.36. The number of thiazole rings is 1. The zero-order valence-corrected chi connectivity index (χ0v) is 28.8. The second-order valence-electron chi connectivity index (χ2n) is 10.6. The standard InChI is InChI=1S/C37H27FIN3O5S/c1-3-46-36(44)31-32(23-9-5-4-6-10-23)41-37-42(33(31)24-13-15-27(38)16-14-24)35(43)30(48-37)19-22-17-28(39)34(29(18-22)45-2)47-21-26-12-8-7-11-25(26)20-40/h4-19,33H,3,21H2,1-2H3/t33-/m1/s1. The van der Waals surface area contributed by atoms with Crippen molar-refractivity contribution in [3.63, 3.8) is 0 Å². The van der Waals surface area contributed by atoms with Crippen molar-refractivity contribution in [2.75, 3.05) is 13.7 Å². The van der Waals surface area contributed by atoms with Gasteiger partial charge in [0.2, 0.25) is 0 Å². The zero-order chi connectivity index (χ0) is 33.8. The van der Waals surface area contributed by atoms with Gasteiger partial charge in [-0.25, -0.2) is 14.2 Å². The summed E-state index contributed by atoms with van der Waals surface area (Å²) in [6.07, 6.45) is 1.74. The highest BCUT2D eigenvalue weighted by Gasteiger charge is 2.35. The molecule has 0 fully saturated rings. The molecular formula is C37H27FIN3O5S. The van der Waals surface area contributed by atoms with Gasteiger partial charge >= 0.3 is 5.97 Å². The summed E-state index contributed by atoms with van der Waals surface area (Å²) in [5, 5.41) is 9.45. The fourth-order valence-electron chi connectivity index (χ4n) is 5.42. The van der Waals surface area contributed by atoms with E-state index >= 15 is 0 Å². The minimum atomic E-state index is -0.917. The van der Waals surface area contributed by atoms with E-state index in [1.54, 1.807) is 43.3 Å². The number of carbonyl (C=O) groups excluding carboxylic acids is 1. The molecule has 0 aliphatic carbocycles. The number of carbonyl (C=O) groups is 1. The maximum Gasteiger partial charge on any atom is 0.338 e. The molecule has 11 heteroatoms. The number of nitriles is 1. The van der Waals surface area contributed by atoms with E-state index in [4.69, 9.17) is 19.2 Å². The van der Waals surface area contributed by atoms with E-state index in [9.17, 15) is 19.2 Å². The van der Waals surface area contributed by atoms with Crippen LogP contribution in [-0.4, -0.2) is 24.3 Å². The van der Waals surface area contributed by atoms with Crippen molar-refractivity contribution in [1.82, 2.24) is 4.57 Å². The van der Waals surface area contributed by atoms with Gasteiger partial charge < -0.3 is 14.2 Å². The van der Waals surface area contributed by atoms with Crippen LogP contribution in [0.25, 0.3) is 11.8 Å². The van der Waals surface area contributed by atoms with Crippen molar-refractivity contribution in [3.05, 3.63) is 153 Å². The Hall–Kier alpha value is -5.06. The maximum atomic E-state index is 14.2. The lowest BCUT2D eigenvalue weighted by atomic mass is 9.93. The van der Waals surface area contributed by atoms with Crippen molar-refractivity contribution < 1.29 is 23.4 Å². The Morgan fingerprint density at radius 3 is 2.52 bits per heavy atom. The zero-order valence-electron chi connectivity index (χ0n) is 25.8. The first-order valence-electron chi connectivity index (χ1n) is 14.8. The number of hydrogen-bond acceptors (Lipinski definition) is 8. The van der Waals surface area contributed by atoms with E-state index in [0.29, 0.717) is 48.8 Å². The van der Waals surface area contributed by atoms with E-state index in [1.807, 2.05) is 48.5 Å². The Bertz CT molecular complexity index is 2280. The number of nitrogens with zero attached hydrogens (tertiary/aromatic N) is 3. The van der Waals surface area contributed by atoms with Gasteiger partial charge in [0.15, 0.2) is 16.3 Å². The molecule has 6 rings (SSSR count). The van der Waals surface area contributed by atoms with Crippen LogP contribution in [0.4, 0.5) is 4.39 Å². The first kappa shape index (κ1) is 32.9. The molecule has 0 radical (unpaired) electrons. The lowest BCUT2D eigenvalue weighted by molar-refractivity contribution is -0.138. The number of rotatable bonds is 9. The monoisotopic (exact) mass is 771 g/mol. The molecule has 0 amide bonds. The van der Waals surface area contributed by atoms with E-state index in [2.05, 4.69) is 28.7 Å². The summed E-state index contributed by atoms with van der Waals surface area (Å²) in [5.74, 6) is -0.0970. The predicted molar refractivity (Wildman–Crippen MR) is 189 cm³/mol. The van der Waals surface area contributed by atoms with Crippen molar-refractivity contribution in [3.8, 4) is 17.6 Å². The van der Waals surface area contributed by atoms with Gasteiger partial charge in [0.05, 0.1) is 50.8 Å². The first-order valence-corrected chi connectivity index (χ1v) is 16.7.